The summed E-state index contributed by atoms with van der Waals surface area (Å²) in [6.07, 6.45) is 2.09. The van der Waals surface area contributed by atoms with E-state index >= 15 is 0 Å². The number of hydrogen-bond donors (Lipinski definition) is 1. The molecule has 0 bridgehead atoms. The van der Waals surface area contributed by atoms with Crippen molar-refractivity contribution in [2.45, 2.75) is 39.2 Å². The van der Waals surface area contributed by atoms with Crippen molar-refractivity contribution in [2.75, 3.05) is 38.2 Å². The van der Waals surface area contributed by atoms with Gasteiger partial charge in [0.1, 0.15) is 22.1 Å². The number of thiazole rings is 1. The number of ether oxygens (including phenoxy) is 1. The molecule has 0 unspecified atom stereocenters. The van der Waals surface area contributed by atoms with Gasteiger partial charge in [-0.1, -0.05) is 61.5 Å². The van der Waals surface area contributed by atoms with Gasteiger partial charge in [-0.25, -0.2) is 9.97 Å². The van der Waals surface area contributed by atoms with Crippen molar-refractivity contribution >= 4 is 32.5 Å². The van der Waals surface area contributed by atoms with Gasteiger partial charge in [-0.15, -0.1) is 0 Å². The fourth-order valence-electron chi connectivity index (χ4n) is 4.62. The van der Waals surface area contributed by atoms with Crippen LogP contribution in [0.3, 0.4) is 0 Å². The number of fused-ring (bicyclic) bond motifs is 3. The predicted molar refractivity (Wildman–Crippen MR) is 148 cm³/mol. The Balaban J connectivity index is 1.16. The maximum absolute atomic E-state index is 5.55. The monoisotopic (exact) mass is 516 g/mol. The second-order valence-electron chi connectivity index (χ2n) is 10.7. The summed E-state index contributed by atoms with van der Waals surface area (Å²) in [6.45, 7) is 13.0. The third-order valence-electron chi connectivity index (χ3n) is 6.90. The highest BCUT2D eigenvalue weighted by atomic mass is 32.1. The number of nitrogens with zero attached hydrogens (tertiary/aromatic N) is 5. The van der Waals surface area contributed by atoms with Crippen molar-refractivity contribution in [3.63, 3.8) is 0 Å². The number of nitrogens with one attached hydrogen (secondary N) is 1. The number of imidazole rings is 1. The smallest absolute Gasteiger partial charge is 0.196 e. The lowest BCUT2D eigenvalue weighted by atomic mass is 9.93. The van der Waals surface area contributed by atoms with E-state index < -0.39 is 0 Å². The lowest BCUT2D eigenvalue weighted by Crippen LogP contribution is -2.45. The van der Waals surface area contributed by atoms with Gasteiger partial charge in [0.2, 0.25) is 0 Å². The van der Waals surface area contributed by atoms with Crippen LogP contribution < -0.4 is 5.32 Å². The Morgan fingerprint density at radius 2 is 1.84 bits per heavy atom. The van der Waals surface area contributed by atoms with E-state index in [9.17, 15) is 0 Å². The van der Waals surface area contributed by atoms with Gasteiger partial charge in [0.25, 0.3) is 0 Å². The summed E-state index contributed by atoms with van der Waals surface area (Å²) in [5.41, 5.74) is 4.89. The van der Waals surface area contributed by atoms with Crippen LogP contribution in [0.2, 0.25) is 0 Å². The van der Waals surface area contributed by atoms with Crippen molar-refractivity contribution in [3.05, 3.63) is 54.4 Å². The average molecular weight is 517 g/mol. The first-order valence-electron chi connectivity index (χ1n) is 12.8. The Hall–Kier alpha value is -3.27. The maximum Gasteiger partial charge on any atom is 0.196 e. The van der Waals surface area contributed by atoms with Crippen LogP contribution in [0.4, 0.5) is 5.82 Å². The third-order valence-corrected chi connectivity index (χ3v) is 7.86. The van der Waals surface area contributed by atoms with Gasteiger partial charge in [0.15, 0.2) is 4.96 Å². The van der Waals surface area contributed by atoms with E-state index in [1.807, 2.05) is 6.07 Å². The van der Waals surface area contributed by atoms with Crippen molar-refractivity contribution in [1.29, 1.82) is 0 Å². The largest absolute Gasteiger partial charge is 0.379 e. The summed E-state index contributed by atoms with van der Waals surface area (Å²) >= 11 is 1.61. The number of benzene rings is 1. The molecule has 37 heavy (non-hydrogen) atoms. The zero-order valence-electron chi connectivity index (χ0n) is 21.7. The zero-order valence-corrected chi connectivity index (χ0v) is 22.5. The third kappa shape index (κ3) is 4.86. The molecule has 0 amide bonds. The molecule has 0 saturated carbocycles. The molecule has 5 aromatic rings. The maximum atomic E-state index is 5.55. The standard InChI is InChI=1S/C28H32N6O2S/c1-18-17-35-14-13-33(18)12-11-29-25-10-9-23-26(31-25)37-27-30-22(16-34(23)27)20-7-5-19(6-8-20)21-15-24(36-32-21)28(2,3)4/h5-10,15-16,18H,11-14,17H2,1-4H3,(H,29,31)/t18-/m1/s1. The van der Waals surface area contributed by atoms with E-state index in [1.165, 1.54) is 0 Å². The van der Waals surface area contributed by atoms with Gasteiger partial charge in [-0.2, -0.15) is 0 Å². The topological polar surface area (TPSA) is 80.7 Å². The van der Waals surface area contributed by atoms with E-state index in [2.05, 4.69) is 90.1 Å². The van der Waals surface area contributed by atoms with Gasteiger partial charge < -0.3 is 14.6 Å². The summed E-state index contributed by atoms with van der Waals surface area (Å²) in [7, 11) is 0. The van der Waals surface area contributed by atoms with Gasteiger partial charge in [0, 0.05) is 54.5 Å². The van der Waals surface area contributed by atoms with Crippen LogP contribution in [-0.4, -0.2) is 63.3 Å². The number of anilines is 1. The minimum atomic E-state index is -0.0660. The molecule has 1 fully saturated rings. The Bertz CT molecular complexity index is 1530. The minimum Gasteiger partial charge on any atom is -0.379 e. The molecule has 1 aliphatic rings. The van der Waals surface area contributed by atoms with Crippen LogP contribution in [-0.2, 0) is 10.2 Å². The first-order chi connectivity index (χ1) is 17.8. The molecule has 0 spiro atoms. The van der Waals surface area contributed by atoms with E-state index in [-0.39, 0.29) is 5.41 Å². The normalized spacial score (nSPS) is 17.1. The molecule has 1 saturated heterocycles. The van der Waals surface area contributed by atoms with Gasteiger partial charge >= 0.3 is 0 Å². The van der Waals surface area contributed by atoms with Crippen LogP contribution in [0.25, 0.3) is 37.8 Å². The molecule has 9 heteroatoms. The highest BCUT2D eigenvalue weighted by Crippen LogP contribution is 2.31. The summed E-state index contributed by atoms with van der Waals surface area (Å²) in [5.74, 6) is 1.78. The second kappa shape index (κ2) is 9.55. The van der Waals surface area contributed by atoms with Crippen LogP contribution in [0.1, 0.15) is 33.5 Å². The number of pyridine rings is 1. The molecule has 1 atom stereocenters. The first-order valence-corrected chi connectivity index (χ1v) is 13.6. The molecule has 8 nitrogen and oxygen atoms in total. The SMILES string of the molecule is C[C@@H]1COCCN1CCNc1ccc2c(n1)sc1nc(-c3ccc(-c4cc(C(C)(C)C)on4)cc3)cn12. The number of rotatable bonds is 6. The van der Waals surface area contributed by atoms with Crippen molar-refractivity contribution in [1.82, 2.24) is 24.4 Å². The molecular weight excluding hydrogens is 484 g/mol. The highest BCUT2D eigenvalue weighted by molar-refractivity contribution is 7.23. The Morgan fingerprint density at radius 3 is 2.57 bits per heavy atom. The fourth-order valence-corrected chi connectivity index (χ4v) is 5.60. The fraction of sp³-hybridized carbons (Fsp3) is 0.393. The number of aromatic nitrogens is 4. The minimum absolute atomic E-state index is 0.0660. The van der Waals surface area contributed by atoms with E-state index in [0.29, 0.717) is 6.04 Å². The Kier molecular flexibility index (Phi) is 6.22. The summed E-state index contributed by atoms with van der Waals surface area (Å²) < 4.78 is 13.2. The molecule has 1 N–H and O–H groups in total. The van der Waals surface area contributed by atoms with Gasteiger partial charge in [-0.3, -0.25) is 9.30 Å². The molecule has 6 rings (SSSR count). The highest BCUT2D eigenvalue weighted by Gasteiger charge is 2.21. The van der Waals surface area contributed by atoms with Crippen molar-refractivity contribution in [3.8, 4) is 22.5 Å². The Labute approximate surface area is 220 Å². The molecule has 0 aliphatic carbocycles. The second-order valence-corrected chi connectivity index (χ2v) is 11.6. The predicted octanol–water partition coefficient (Wildman–Crippen LogP) is 5.70. The lowest BCUT2D eigenvalue weighted by molar-refractivity contribution is 0.00181. The summed E-state index contributed by atoms with van der Waals surface area (Å²) in [6, 6.07) is 15.0. The molecule has 1 aliphatic heterocycles. The van der Waals surface area contributed by atoms with Crippen LogP contribution in [0.5, 0.6) is 0 Å². The van der Waals surface area contributed by atoms with Gasteiger partial charge in [-0.05, 0) is 19.1 Å². The van der Waals surface area contributed by atoms with Crippen LogP contribution in [0.15, 0.2) is 53.2 Å². The number of morpholine rings is 1. The first kappa shape index (κ1) is 24.1. The summed E-state index contributed by atoms with van der Waals surface area (Å²) in [4.78, 5) is 14.1. The number of hydrogen-bond acceptors (Lipinski definition) is 8. The molecule has 1 aromatic carbocycles. The molecule has 5 heterocycles. The average Bonchev–Trinajstić information content (AvgIpc) is 3.60. The summed E-state index contributed by atoms with van der Waals surface area (Å²) in [5, 5.41) is 7.73. The molecule has 4 aromatic heterocycles. The Morgan fingerprint density at radius 1 is 1.05 bits per heavy atom. The molecule has 0 radical (unpaired) electrons. The molecule has 192 valence electrons. The van der Waals surface area contributed by atoms with Crippen molar-refractivity contribution in [2.24, 2.45) is 0 Å². The van der Waals surface area contributed by atoms with Gasteiger partial charge in [0.05, 0.1) is 24.4 Å². The van der Waals surface area contributed by atoms with Crippen LogP contribution in [0, 0.1) is 0 Å². The van der Waals surface area contributed by atoms with E-state index in [0.717, 1.165) is 82.2 Å². The van der Waals surface area contributed by atoms with E-state index in [1.54, 1.807) is 11.3 Å². The lowest BCUT2D eigenvalue weighted by Gasteiger charge is -2.33. The van der Waals surface area contributed by atoms with Crippen molar-refractivity contribution < 1.29 is 9.26 Å². The van der Waals surface area contributed by atoms with E-state index in [4.69, 9.17) is 19.2 Å². The van der Waals surface area contributed by atoms with Crippen LogP contribution >= 0.6 is 11.3 Å². The molecular formula is C28H32N6O2S. The quantitative estimate of drug-likeness (QED) is 0.310. The zero-order chi connectivity index (χ0) is 25.6.